The first kappa shape index (κ1) is 15.3. The quantitative estimate of drug-likeness (QED) is 0.778. The third kappa shape index (κ3) is 4.17. The average Bonchev–Trinajstić information content (AvgIpc) is 2.71. The van der Waals surface area contributed by atoms with Crippen molar-refractivity contribution in [1.82, 2.24) is 9.80 Å². The minimum absolute atomic E-state index is 0.0668. The van der Waals surface area contributed by atoms with E-state index >= 15 is 0 Å². The molecule has 106 valence electrons. The third-order valence-corrected chi connectivity index (χ3v) is 4.82. The van der Waals surface area contributed by atoms with Crippen LogP contribution in [0.1, 0.15) is 23.7 Å². The second kappa shape index (κ2) is 7.04. The van der Waals surface area contributed by atoms with Crippen LogP contribution in [0.4, 0.5) is 0 Å². The molecule has 1 aromatic rings. The molecule has 0 unspecified atom stereocenters. The number of thiophene rings is 1. The summed E-state index contributed by atoms with van der Waals surface area (Å²) in [6.07, 6.45) is 1.18. The Morgan fingerprint density at radius 3 is 2.42 bits per heavy atom. The molecular formula is C13H18Cl2N2OS. The number of ketones is 1. The standard InChI is InChI=1S/C13H18Cl2N2OS/c1-2-3-16-4-6-17(7-5-16)9-11(18)10-8-12(14)19-13(10)15/h8H,2-7,9H2,1H3. The lowest BCUT2D eigenvalue weighted by molar-refractivity contribution is 0.0853. The van der Waals surface area contributed by atoms with Gasteiger partial charge in [0.25, 0.3) is 0 Å². The molecule has 0 amide bonds. The van der Waals surface area contributed by atoms with Gasteiger partial charge in [-0.25, -0.2) is 0 Å². The summed E-state index contributed by atoms with van der Waals surface area (Å²) in [5, 5.41) is 0. The van der Waals surface area contributed by atoms with Gasteiger partial charge in [-0.1, -0.05) is 30.1 Å². The Morgan fingerprint density at radius 1 is 1.26 bits per heavy atom. The molecule has 0 spiro atoms. The van der Waals surface area contributed by atoms with E-state index in [1.54, 1.807) is 6.07 Å². The highest BCUT2D eigenvalue weighted by molar-refractivity contribution is 7.20. The molecule has 19 heavy (non-hydrogen) atoms. The summed E-state index contributed by atoms with van der Waals surface area (Å²) in [6.45, 7) is 7.75. The lowest BCUT2D eigenvalue weighted by Crippen LogP contribution is -2.47. The fourth-order valence-corrected chi connectivity index (χ4v) is 3.80. The number of carbonyl (C=O) groups is 1. The van der Waals surface area contributed by atoms with Crippen LogP contribution < -0.4 is 0 Å². The van der Waals surface area contributed by atoms with Gasteiger partial charge in [0.05, 0.1) is 16.4 Å². The number of carbonyl (C=O) groups excluding carboxylic acids is 1. The van der Waals surface area contributed by atoms with Gasteiger partial charge in [0.2, 0.25) is 0 Å². The van der Waals surface area contributed by atoms with E-state index in [4.69, 9.17) is 23.2 Å². The second-order valence-electron chi connectivity index (χ2n) is 4.78. The summed E-state index contributed by atoms with van der Waals surface area (Å²) >= 11 is 13.1. The van der Waals surface area contributed by atoms with Gasteiger partial charge in [0.1, 0.15) is 4.34 Å². The van der Waals surface area contributed by atoms with Crippen molar-refractivity contribution in [3.63, 3.8) is 0 Å². The van der Waals surface area contributed by atoms with Crippen LogP contribution in [-0.4, -0.2) is 54.9 Å². The Kier molecular flexibility index (Phi) is 5.66. The van der Waals surface area contributed by atoms with E-state index in [-0.39, 0.29) is 5.78 Å². The lowest BCUT2D eigenvalue weighted by Gasteiger charge is -2.34. The second-order valence-corrected chi connectivity index (χ2v) is 7.06. The van der Waals surface area contributed by atoms with Crippen molar-refractivity contribution in [2.45, 2.75) is 13.3 Å². The van der Waals surface area contributed by atoms with Gasteiger partial charge < -0.3 is 4.90 Å². The van der Waals surface area contributed by atoms with Crippen LogP contribution in [0.2, 0.25) is 8.67 Å². The predicted octanol–water partition coefficient (Wildman–Crippen LogP) is 3.27. The van der Waals surface area contributed by atoms with Crippen molar-refractivity contribution in [3.8, 4) is 0 Å². The Hall–Kier alpha value is -0.130. The van der Waals surface area contributed by atoms with Crippen molar-refractivity contribution in [2.24, 2.45) is 0 Å². The molecule has 0 aromatic carbocycles. The van der Waals surface area contributed by atoms with Crippen LogP contribution in [0, 0.1) is 0 Å². The number of Topliss-reactive ketones (excluding diaryl/α,β-unsaturated/α-hetero) is 1. The highest BCUT2D eigenvalue weighted by Gasteiger charge is 2.21. The fraction of sp³-hybridized carbons (Fsp3) is 0.615. The molecule has 1 aromatic heterocycles. The van der Waals surface area contributed by atoms with Gasteiger partial charge in [0, 0.05) is 26.2 Å². The number of halogens is 2. The van der Waals surface area contributed by atoms with Gasteiger partial charge in [-0.05, 0) is 19.0 Å². The maximum atomic E-state index is 12.2. The van der Waals surface area contributed by atoms with E-state index in [1.807, 2.05) is 0 Å². The molecule has 0 saturated carbocycles. The number of rotatable bonds is 5. The number of hydrogen-bond donors (Lipinski definition) is 0. The molecule has 1 saturated heterocycles. The van der Waals surface area contributed by atoms with Gasteiger partial charge in [-0.15, -0.1) is 11.3 Å². The van der Waals surface area contributed by atoms with E-state index in [9.17, 15) is 4.79 Å². The van der Waals surface area contributed by atoms with Gasteiger partial charge in [0.15, 0.2) is 5.78 Å². The summed E-state index contributed by atoms with van der Waals surface area (Å²) in [6, 6.07) is 1.67. The molecule has 1 aliphatic rings. The zero-order valence-electron chi connectivity index (χ0n) is 11.0. The third-order valence-electron chi connectivity index (χ3n) is 3.33. The first-order valence-corrected chi connectivity index (χ1v) is 8.10. The molecule has 1 aliphatic heterocycles. The molecule has 6 heteroatoms. The molecule has 0 radical (unpaired) electrons. The zero-order chi connectivity index (χ0) is 13.8. The minimum atomic E-state index is 0.0668. The van der Waals surface area contributed by atoms with Crippen molar-refractivity contribution in [3.05, 3.63) is 20.3 Å². The van der Waals surface area contributed by atoms with E-state index in [0.717, 1.165) is 32.7 Å². The Labute approximate surface area is 128 Å². The molecule has 2 rings (SSSR count). The van der Waals surface area contributed by atoms with E-state index in [1.165, 1.54) is 17.8 Å². The Morgan fingerprint density at radius 2 is 1.89 bits per heavy atom. The number of piperazine rings is 1. The van der Waals surface area contributed by atoms with Crippen LogP contribution in [0.5, 0.6) is 0 Å². The SMILES string of the molecule is CCCN1CCN(CC(=O)c2cc(Cl)sc2Cl)CC1. The van der Waals surface area contributed by atoms with Crippen molar-refractivity contribution < 1.29 is 4.79 Å². The Bertz CT molecular complexity index is 442. The highest BCUT2D eigenvalue weighted by atomic mass is 35.5. The summed E-state index contributed by atoms with van der Waals surface area (Å²) in [7, 11) is 0. The smallest absolute Gasteiger partial charge is 0.179 e. The lowest BCUT2D eigenvalue weighted by atomic mass is 10.2. The van der Waals surface area contributed by atoms with E-state index < -0.39 is 0 Å². The van der Waals surface area contributed by atoms with E-state index in [0.29, 0.717) is 20.8 Å². The van der Waals surface area contributed by atoms with Crippen molar-refractivity contribution >= 4 is 40.3 Å². The molecule has 3 nitrogen and oxygen atoms in total. The average molecular weight is 321 g/mol. The minimum Gasteiger partial charge on any atom is -0.301 e. The van der Waals surface area contributed by atoms with Crippen LogP contribution >= 0.6 is 34.5 Å². The van der Waals surface area contributed by atoms with Crippen LogP contribution in [0.3, 0.4) is 0 Å². The molecule has 0 bridgehead atoms. The van der Waals surface area contributed by atoms with Crippen molar-refractivity contribution in [2.75, 3.05) is 39.3 Å². The number of hydrogen-bond acceptors (Lipinski definition) is 4. The summed E-state index contributed by atoms with van der Waals surface area (Å²) in [4.78, 5) is 16.8. The van der Waals surface area contributed by atoms with Gasteiger partial charge in [-0.3, -0.25) is 9.69 Å². The first-order valence-electron chi connectivity index (χ1n) is 6.53. The largest absolute Gasteiger partial charge is 0.301 e. The molecule has 0 aliphatic carbocycles. The molecule has 1 fully saturated rings. The number of nitrogens with zero attached hydrogens (tertiary/aromatic N) is 2. The molecular weight excluding hydrogens is 303 g/mol. The zero-order valence-corrected chi connectivity index (χ0v) is 13.3. The van der Waals surface area contributed by atoms with Gasteiger partial charge in [-0.2, -0.15) is 0 Å². The topological polar surface area (TPSA) is 23.6 Å². The monoisotopic (exact) mass is 320 g/mol. The molecule has 0 N–H and O–H groups in total. The van der Waals surface area contributed by atoms with E-state index in [2.05, 4.69) is 16.7 Å². The van der Waals surface area contributed by atoms with Gasteiger partial charge >= 0.3 is 0 Å². The van der Waals surface area contributed by atoms with Crippen LogP contribution in [0.15, 0.2) is 6.07 Å². The molecule has 2 heterocycles. The van der Waals surface area contributed by atoms with Crippen molar-refractivity contribution in [1.29, 1.82) is 0 Å². The predicted molar refractivity (Wildman–Crippen MR) is 81.8 cm³/mol. The summed E-state index contributed by atoms with van der Waals surface area (Å²) in [5.74, 6) is 0.0668. The maximum absolute atomic E-state index is 12.2. The maximum Gasteiger partial charge on any atom is 0.179 e. The highest BCUT2D eigenvalue weighted by Crippen LogP contribution is 2.31. The molecule has 0 atom stereocenters. The normalized spacial score (nSPS) is 17.8. The first-order chi connectivity index (χ1) is 9.10. The Balaban J connectivity index is 1.85. The fourth-order valence-electron chi connectivity index (χ4n) is 2.31. The van der Waals surface area contributed by atoms with Crippen LogP contribution in [-0.2, 0) is 0 Å². The van der Waals surface area contributed by atoms with Crippen LogP contribution in [0.25, 0.3) is 0 Å². The summed E-state index contributed by atoms with van der Waals surface area (Å²) in [5.41, 5.74) is 0.563. The summed E-state index contributed by atoms with van der Waals surface area (Å²) < 4.78 is 1.07.